The van der Waals surface area contributed by atoms with Crippen LogP contribution in [-0.4, -0.2) is 44.8 Å². The molecule has 0 aliphatic carbocycles. The van der Waals surface area contributed by atoms with Crippen molar-refractivity contribution in [1.82, 2.24) is 14.7 Å². The van der Waals surface area contributed by atoms with E-state index in [0.717, 1.165) is 12.1 Å². The molecule has 0 saturated carbocycles. The van der Waals surface area contributed by atoms with E-state index in [0.29, 0.717) is 19.4 Å². The van der Waals surface area contributed by atoms with E-state index >= 15 is 0 Å². The molecular formula is C17H16F3N3O3. The van der Waals surface area contributed by atoms with Crippen molar-refractivity contribution in [3.05, 3.63) is 47.8 Å². The molecule has 9 heteroatoms. The molecule has 1 aromatic heterocycles. The number of aromatic nitrogens is 2. The first-order valence-corrected chi connectivity index (χ1v) is 8.01. The number of aliphatic carboxylic acids is 1. The monoisotopic (exact) mass is 367 g/mol. The number of carbonyl (C=O) groups is 2. The van der Waals surface area contributed by atoms with Gasteiger partial charge in [-0.15, -0.1) is 0 Å². The summed E-state index contributed by atoms with van der Waals surface area (Å²) in [5, 5.41) is 13.2. The van der Waals surface area contributed by atoms with Gasteiger partial charge in [-0.3, -0.25) is 9.59 Å². The molecule has 1 aliphatic heterocycles. The van der Waals surface area contributed by atoms with Gasteiger partial charge in [0.15, 0.2) is 5.69 Å². The van der Waals surface area contributed by atoms with Crippen molar-refractivity contribution in [1.29, 1.82) is 0 Å². The standard InChI is InChI=1S/C17H16F3N3O3/c18-17(19,20)12-4-1-5-13(9-12)23-8-6-14(21-23)15(24)22-7-2-3-11(10-22)16(25)26/h1,4-6,8-9,11H,2-3,7,10H2,(H,25,26)/t11-/m0/s1. The summed E-state index contributed by atoms with van der Waals surface area (Å²) in [5.41, 5.74) is -0.562. The van der Waals surface area contributed by atoms with Crippen LogP contribution < -0.4 is 0 Å². The van der Waals surface area contributed by atoms with Crippen molar-refractivity contribution in [2.45, 2.75) is 19.0 Å². The van der Waals surface area contributed by atoms with Crippen molar-refractivity contribution in [2.75, 3.05) is 13.1 Å². The summed E-state index contributed by atoms with van der Waals surface area (Å²) in [6, 6.07) is 6.04. The van der Waals surface area contributed by atoms with Crippen molar-refractivity contribution < 1.29 is 27.9 Å². The van der Waals surface area contributed by atoms with E-state index in [1.165, 1.54) is 34.0 Å². The van der Waals surface area contributed by atoms with Crippen LogP contribution in [0.5, 0.6) is 0 Å². The zero-order valence-electron chi connectivity index (χ0n) is 13.6. The minimum absolute atomic E-state index is 0.0634. The van der Waals surface area contributed by atoms with Gasteiger partial charge >= 0.3 is 12.1 Å². The highest BCUT2D eigenvalue weighted by Crippen LogP contribution is 2.30. The Hall–Kier alpha value is -2.84. The number of hydrogen-bond donors (Lipinski definition) is 1. The fraction of sp³-hybridized carbons (Fsp3) is 0.353. The Morgan fingerprint density at radius 1 is 1.23 bits per heavy atom. The molecule has 6 nitrogen and oxygen atoms in total. The molecule has 138 valence electrons. The predicted molar refractivity (Wildman–Crippen MR) is 84.8 cm³/mol. The molecule has 26 heavy (non-hydrogen) atoms. The number of carboxylic acids is 1. The summed E-state index contributed by atoms with van der Waals surface area (Å²) in [7, 11) is 0. The SMILES string of the molecule is O=C(O)[C@H]1CCCN(C(=O)c2ccn(-c3cccc(C(F)(F)F)c3)n2)C1. The number of nitrogens with zero attached hydrogens (tertiary/aromatic N) is 3. The number of hydrogen-bond acceptors (Lipinski definition) is 3. The Morgan fingerprint density at radius 2 is 2.00 bits per heavy atom. The first-order chi connectivity index (χ1) is 12.3. The number of rotatable bonds is 3. The number of amides is 1. The number of benzene rings is 1. The van der Waals surface area contributed by atoms with Crippen LogP contribution in [0.1, 0.15) is 28.9 Å². The van der Waals surface area contributed by atoms with Crippen molar-refractivity contribution in [3.8, 4) is 5.69 Å². The number of piperidine rings is 1. The van der Waals surface area contributed by atoms with Gasteiger partial charge in [-0.25, -0.2) is 4.68 Å². The van der Waals surface area contributed by atoms with Gasteiger partial charge in [0.1, 0.15) is 0 Å². The summed E-state index contributed by atoms with van der Waals surface area (Å²) in [6.45, 7) is 0.531. The van der Waals surface area contributed by atoms with E-state index in [4.69, 9.17) is 5.11 Å². The van der Waals surface area contributed by atoms with E-state index in [2.05, 4.69) is 5.10 Å². The quantitative estimate of drug-likeness (QED) is 0.905. The lowest BCUT2D eigenvalue weighted by Gasteiger charge is -2.30. The second-order valence-corrected chi connectivity index (χ2v) is 6.12. The lowest BCUT2D eigenvalue weighted by Crippen LogP contribution is -2.42. The molecular weight excluding hydrogens is 351 g/mol. The van der Waals surface area contributed by atoms with Gasteiger partial charge in [-0.1, -0.05) is 6.07 Å². The smallest absolute Gasteiger partial charge is 0.416 e. The van der Waals surface area contributed by atoms with E-state index in [9.17, 15) is 22.8 Å². The second kappa shape index (κ2) is 6.81. The van der Waals surface area contributed by atoms with Gasteiger partial charge in [0, 0.05) is 19.3 Å². The molecule has 1 saturated heterocycles. The Balaban J connectivity index is 1.80. The molecule has 0 bridgehead atoms. The Bertz CT molecular complexity index is 832. The molecule has 3 rings (SSSR count). The highest BCUT2D eigenvalue weighted by atomic mass is 19.4. The summed E-state index contributed by atoms with van der Waals surface area (Å²) in [5.74, 6) is -1.99. The zero-order valence-corrected chi connectivity index (χ0v) is 13.6. The maximum Gasteiger partial charge on any atom is 0.416 e. The number of halogens is 3. The molecule has 1 atom stereocenters. The molecule has 1 N–H and O–H groups in total. The summed E-state index contributed by atoms with van der Waals surface area (Å²) in [6.07, 6.45) is -1.97. The van der Waals surface area contributed by atoms with Crippen LogP contribution in [0.25, 0.3) is 5.69 Å². The van der Waals surface area contributed by atoms with Crippen molar-refractivity contribution >= 4 is 11.9 Å². The molecule has 1 amide bonds. The summed E-state index contributed by atoms with van der Waals surface area (Å²) < 4.78 is 39.7. The van der Waals surface area contributed by atoms with Crippen LogP contribution >= 0.6 is 0 Å². The van der Waals surface area contributed by atoms with Gasteiger partial charge in [0.05, 0.1) is 17.2 Å². The van der Waals surface area contributed by atoms with E-state index < -0.39 is 29.5 Å². The highest BCUT2D eigenvalue weighted by molar-refractivity contribution is 5.92. The van der Waals surface area contributed by atoms with Crippen LogP contribution in [0, 0.1) is 5.92 Å². The maximum absolute atomic E-state index is 12.8. The summed E-state index contributed by atoms with van der Waals surface area (Å²) in [4.78, 5) is 25.0. The molecule has 0 unspecified atom stereocenters. The van der Waals surface area contributed by atoms with Gasteiger partial charge < -0.3 is 10.0 Å². The average molecular weight is 367 g/mol. The van der Waals surface area contributed by atoms with Crippen LogP contribution in [-0.2, 0) is 11.0 Å². The highest BCUT2D eigenvalue weighted by Gasteiger charge is 2.31. The molecule has 0 spiro atoms. The van der Waals surface area contributed by atoms with Crippen LogP contribution in [0.3, 0.4) is 0 Å². The molecule has 2 aromatic rings. The Labute approximate surface area is 146 Å². The Kier molecular flexibility index (Phi) is 4.71. The van der Waals surface area contributed by atoms with Crippen LogP contribution in [0.15, 0.2) is 36.5 Å². The molecule has 1 fully saturated rings. The summed E-state index contributed by atoms with van der Waals surface area (Å²) >= 11 is 0. The van der Waals surface area contributed by atoms with E-state index in [-0.39, 0.29) is 17.9 Å². The fourth-order valence-electron chi connectivity index (χ4n) is 2.93. The maximum atomic E-state index is 12.8. The topological polar surface area (TPSA) is 75.4 Å². The zero-order chi connectivity index (χ0) is 18.9. The normalized spacial score (nSPS) is 18.0. The third kappa shape index (κ3) is 3.71. The third-order valence-corrected chi connectivity index (χ3v) is 4.30. The molecule has 2 heterocycles. The van der Waals surface area contributed by atoms with Gasteiger partial charge in [0.25, 0.3) is 5.91 Å². The third-order valence-electron chi connectivity index (χ3n) is 4.30. The Morgan fingerprint density at radius 3 is 2.69 bits per heavy atom. The van der Waals surface area contributed by atoms with Gasteiger partial charge in [-0.05, 0) is 37.1 Å². The number of likely N-dealkylation sites (tertiary alicyclic amines) is 1. The number of alkyl halides is 3. The van der Waals surface area contributed by atoms with Gasteiger partial charge in [-0.2, -0.15) is 18.3 Å². The van der Waals surface area contributed by atoms with Crippen molar-refractivity contribution in [3.63, 3.8) is 0 Å². The van der Waals surface area contributed by atoms with E-state index in [1.807, 2.05) is 0 Å². The molecule has 0 radical (unpaired) electrons. The lowest BCUT2D eigenvalue weighted by atomic mass is 9.98. The lowest BCUT2D eigenvalue weighted by molar-refractivity contribution is -0.143. The van der Waals surface area contributed by atoms with E-state index in [1.54, 1.807) is 0 Å². The second-order valence-electron chi connectivity index (χ2n) is 6.12. The average Bonchev–Trinajstić information content (AvgIpc) is 3.10. The van der Waals surface area contributed by atoms with Crippen molar-refractivity contribution in [2.24, 2.45) is 5.92 Å². The first kappa shape index (κ1) is 18.0. The number of carboxylic acid groups (broad SMARTS) is 1. The minimum atomic E-state index is -4.47. The molecule has 1 aromatic carbocycles. The van der Waals surface area contributed by atoms with Gasteiger partial charge in [0.2, 0.25) is 0 Å². The number of carbonyl (C=O) groups excluding carboxylic acids is 1. The largest absolute Gasteiger partial charge is 0.481 e. The fourth-order valence-corrected chi connectivity index (χ4v) is 2.93. The predicted octanol–water partition coefficient (Wildman–Crippen LogP) is 2.83. The molecule has 1 aliphatic rings. The minimum Gasteiger partial charge on any atom is -0.481 e. The first-order valence-electron chi connectivity index (χ1n) is 8.01. The van der Waals surface area contributed by atoms with Crippen LogP contribution in [0.2, 0.25) is 0 Å². The van der Waals surface area contributed by atoms with Crippen LogP contribution in [0.4, 0.5) is 13.2 Å².